The summed E-state index contributed by atoms with van der Waals surface area (Å²) in [5.74, 6) is 3.69. The van der Waals surface area contributed by atoms with Crippen LogP contribution in [0.15, 0.2) is 18.5 Å². The minimum absolute atomic E-state index is 0.844. The summed E-state index contributed by atoms with van der Waals surface area (Å²) in [4.78, 5) is 9.10. The molecule has 0 aliphatic heterocycles. The molecule has 0 amide bonds. The number of aryl methyl sites for hydroxylation is 1. The van der Waals surface area contributed by atoms with Crippen molar-refractivity contribution in [2.75, 3.05) is 18.1 Å². The average molecular weight is 277 g/mol. The lowest BCUT2D eigenvalue weighted by Gasteiger charge is -2.06. The van der Waals surface area contributed by atoms with Crippen molar-refractivity contribution in [3.63, 3.8) is 0 Å². The van der Waals surface area contributed by atoms with E-state index in [1.807, 2.05) is 44.3 Å². The van der Waals surface area contributed by atoms with Crippen molar-refractivity contribution in [2.45, 2.75) is 19.1 Å². The third-order valence-electron chi connectivity index (χ3n) is 2.61. The van der Waals surface area contributed by atoms with Gasteiger partial charge in [0.15, 0.2) is 0 Å². The largest absolute Gasteiger partial charge is 0.373 e. The Morgan fingerprint density at radius 3 is 2.84 bits per heavy atom. The highest BCUT2D eigenvalue weighted by Gasteiger charge is 2.07. The van der Waals surface area contributed by atoms with Crippen LogP contribution in [0.2, 0.25) is 0 Å². The molecule has 0 radical (unpaired) electrons. The predicted octanol–water partition coefficient (Wildman–Crippen LogP) is 2.56. The lowest BCUT2D eigenvalue weighted by molar-refractivity contribution is 0.768. The Balaban J connectivity index is 2.25. The molecule has 0 bridgehead atoms. The molecule has 0 unspecified atom stereocenters. The lowest BCUT2D eigenvalue weighted by atomic mass is 10.2. The van der Waals surface area contributed by atoms with Gasteiger partial charge in [-0.05, 0) is 12.2 Å². The maximum Gasteiger partial charge on any atom is 0.141 e. The predicted molar refractivity (Wildman–Crippen MR) is 80.2 cm³/mol. The number of nitrogens with one attached hydrogen (secondary N) is 1. The zero-order chi connectivity index (χ0) is 13.7. The fraction of sp³-hybridized carbons (Fsp3) is 0.462. The fourth-order valence-corrected chi connectivity index (χ4v) is 2.44. The Kier molecular flexibility index (Phi) is 4.79. The van der Waals surface area contributed by atoms with Gasteiger partial charge in [-0.2, -0.15) is 16.9 Å². The quantitative estimate of drug-likeness (QED) is 0.822. The van der Waals surface area contributed by atoms with Crippen molar-refractivity contribution < 1.29 is 0 Å². The van der Waals surface area contributed by atoms with Gasteiger partial charge in [-0.3, -0.25) is 4.68 Å². The van der Waals surface area contributed by atoms with Gasteiger partial charge in [0.25, 0.3) is 0 Å². The van der Waals surface area contributed by atoms with E-state index in [2.05, 4.69) is 27.3 Å². The first-order valence-electron chi connectivity index (χ1n) is 6.35. The van der Waals surface area contributed by atoms with E-state index in [4.69, 9.17) is 0 Å². The van der Waals surface area contributed by atoms with Gasteiger partial charge in [-0.25, -0.2) is 9.97 Å². The molecule has 0 aromatic carbocycles. The Hall–Kier alpha value is -1.56. The van der Waals surface area contributed by atoms with Crippen LogP contribution in [-0.2, 0) is 12.8 Å². The summed E-state index contributed by atoms with van der Waals surface area (Å²) < 4.78 is 1.78. The van der Waals surface area contributed by atoms with E-state index < -0.39 is 0 Å². The normalized spacial score (nSPS) is 10.7. The molecule has 2 aromatic heterocycles. The van der Waals surface area contributed by atoms with Gasteiger partial charge in [0, 0.05) is 31.9 Å². The molecule has 0 saturated heterocycles. The maximum absolute atomic E-state index is 4.61. The van der Waals surface area contributed by atoms with E-state index in [0.717, 1.165) is 34.4 Å². The van der Waals surface area contributed by atoms with E-state index >= 15 is 0 Å². The van der Waals surface area contributed by atoms with Gasteiger partial charge in [0.2, 0.25) is 0 Å². The molecular formula is C13H19N5S. The molecule has 0 aliphatic carbocycles. The average Bonchev–Trinajstić information content (AvgIpc) is 2.85. The molecule has 0 fully saturated rings. The van der Waals surface area contributed by atoms with E-state index in [9.17, 15) is 0 Å². The molecule has 0 aliphatic rings. The molecule has 2 aromatic rings. The fourth-order valence-electron chi connectivity index (χ4n) is 1.70. The van der Waals surface area contributed by atoms with Crippen molar-refractivity contribution >= 4 is 17.6 Å². The number of hydrogen-bond acceptors (Lipinski definition) is 5. The van der Waals surface area contributed by atoms with Crippen LogP contribution in [0.5, 0.6) is 0 Å². The second-order valence-electron chi connectivity index (χ2n) is 4.26. The van der Waals surface area contributed by atoms with E-state index in [-0.39, 0.29) is 0 Å². The van der Waals surface area contributed by atoms with Gasteiger partial charge in [0.05, 0.1) is 17.6 Å². The summed E-state index contributed by atoms with van der Waals surface area (Å²) >= 11 is 1.86. The Bertz CT molecular complexity index is 538. The van der Waals surface area contributed by atoms with Crippen LogP contribution in [0.4, 0.5) is 5.82 Å². The number of rotatable bonds is 6. The van der Waals surface area contributed by atoms with Gasteiger partial charge < -0.3 is 5.32 Å². The van der Waals surface area contributed by atoms with Crippen molar-refractivity contribution in [3.8, 4) is 11.3 Å². The molecule has 5 nitrogen and oxygen atoms in total. The van der Waals surface area contributed by atoms with Crippen molar-refractivity contribution in [3.05, 3.63) is 24.3 Å². The number of nitrogens with zero attached hydrogens (tertiary/aromatic N) is 4. The zero-order valence-electron chi connectivity index (χ0n) is 11.6. The Morgan fingerprint density at radius 2 is 2.21 bits per heavy atom. The van der Waals surface area contributed by atoms with Gasteiger partial charge in [-0.15, -0.1) is 0 Å². The number of aromatic nitrogens is 4. The number of anilines is 1. The topological polar surface area (TPSA) is 55.6 Å². The van der Waals surface area contributed by atoms with Crippen LogP contribution in [-0.4, -0.2) is 32.5 Å². The van der Waals surface area contributed by atoms with Crippen molar-refractivity contribution in [2.24, 2.45) is 7.05 Å². The third-order valence-corrected chi connectivity index (χ3v) is 3.77. The molecular weight excluding hydrogens is 258 g/mol. The van der Waals surface area contributed by atoms with Crippen LogP contribution < -0.4 is 5.32 Å². The van der Waals surface area contributed by atoms with E-state index in [1.165, 1.54) is 6.42 Å². The van der Waals surface area contributed by atoms with Crippen molar-refractivity contribution in [1.82, 2.24) is 19.7 Å². The summed E-state index contributed by atoms with van der Waals surface area (Å²) in [5.41, 5.74) is 1.93. The van der Waals surface area contributed by atoms with E-state index in [0.29, 0.717) is 0 Å². The standard InChI is InChI=1S/C13H19N5S/c1-4-5-19-9-13-16-11(6-12(14-2)17-13)10-7-15-18(3)8-10/h6-8H,4-5,9H2,1-3H3,(H,14,16,17). The molecule has 0 spiro atoms. The van der Waals surface area contributed by atoms with Crippen LogP contribution in [0.3, 0.4) is 0 Å². The molecule has 2 rings (SSSR count). The second kappa shape index (κ2) is 6.56. The highest BCUT2D eigenvalue weighted by atomic mass is 32.2. The summed E-state index contributed by atoms with van der Waals surface area (Å²) in [5, 5.41) is 7.27. The maximum atomic E-state index is 4.61. The highest BCUT2D eigenvalue weighted by Crippen LogP contribution is 2.20. The van der Waals surface area contributed by atoms with Gasteiger partial charge >= 0.3 is 0 Å². The van der Waals surface area contributed by atoms with E-state index in [1.54, 1.807) is 4.68 Å². The number of hydrogen-bond donors (Lipinski definition) is 1. The Morgan fingerprint density at radius 1 is 1.37 bits per heavy atom. The van der Waals surface area contributed by atoms with Gasteiger partial charge in [-0.1, -0.05) is 6.92 Å². The van der Waals surface area contributed by atoms with Crippen LogP contribution in [0, 0.1) is 0 Å². The first kappa shape index (κ1) is 13.9. The highest BCUT2D eigenvalue weighted by molar-refractivity contribution is 7.98. The number of thioether (sulfide) groups is 1. The SMILES string of the molecule is CCCSCc1nc(NC)cc(-c2cnn(C)c2)n1. The third kappa shape index (κ3) is 3.70. The molecule has 1 N–H and O–H groups in total. The second-order valence-corrected chi connectivity index (χ2v) is 5.37. The summed E-state index contributed by atoms with van der Waals surface area (Å²) in [7, 11) is 3.78. The molecule has 2 heterocycles. The zero-order valence-corrected chi connectivity index (χ0v) is 12.4. The monoisotopic (exact) mass is 277 g/mol. The molecule has 0 atom stereocenters. The van der Waals surface area contributed by atoms with Crippen LogP contribution >= 0.6 is 11.8 Å². The summed E-state index contributed by atoms with van der Waals surface area (Å²) in [6.45, 7) is 2.18. The molecule has 19 heavy (non-hydrogen) atoms. The lowest BCUT2D eigenvalue weighted by Crippen LogP contribution is -2.01. The van der Waals surface area contributed by atoms with Gasteiger partial charge in [0.1, 0.15) is 11.6 Å². The first-order chi connectivity index (χ1) is 9.22. The molecule has 102 valence electrons. The molecule has 0 saturated carbocycles. The smallest absolute Gasteiger partial charge is 0.141 e. The van der Waals surface area contributed by atoms with Crippen LogP contribution in [0.25, 0.3) is 11.3 Å². The first-order valence-corrected chi connectivity index (χ1v) is 7.51. The molecule has 6 heteroatoms. The summed E-state index contributed by atoms with van der Waals surface area (Å²) in [6.07, 6.45) is 4.96. The minimum atomic E-state index is 0.844. The summed E-state index contributed by atoms with van der Waals surface area (Å²) in [6, 6.07) is 1.95. The van der Waals surface area contributed by atoms with Crippen LogP contribution in [0.1, 0.15) is 19.2 Å². The van der Waals surface area contributed by atoms with Crippen molar-refractivity contribution in [1.29, 1.82) is 0 Å². The minimum Gasteiger partial charge on any atom is -0.373 e. The Labute approximate surface area is 117 Å².